The molecule has 6 heavy (non-hydrogen) atoms. The summed E-state index contributed by atoms with van der Waals surface area (Å²) in [5.41, 5.74) is 0. The molecule has 0 atom stereocenters. The van der Waals surface area contributed by atoms with Crippen LogP contribution in [0.2, 0.25) is 0 Å². The maximum Gasteiger partial charge on any atom is 0 e. The summed E-state index contributed by atoms with van der Waals surface area (Å²) in [6, 6.07) is 0. The molecular formula is H4MgNbOPbTiZr. The summed E-state index contributed by atoms with van der Waals surface area (Å²) in [4.78, 5) is 0. The molecule has 0 saturated carbocycles. The van der Waals surface area contributed by atoms with Crippen molar-refractivity contribution in [1.29, 1.82) is 0 Å². The Morgan fingerprint density at radius 1 is 1.33 bits per heavy atom. The van der Waals surface area contributed by atoms with Crippen molar-refractivity contribution in [2.45, 2.75) is 0 Å². The zero-order valence-corrected chi connectivity index (χ0v) is 16.4. The molecule has 0 rings (SSSR count). The minimum absolute atomic E-state index is 0. The van der Waals surface area contributed by atoms with E-state index >= 15 is 0 Å². The van der Waals surface area contributed by atoms with Crippen molar-refractivity contribution in [2.24, 2.45) is 0 Å². The zero-order valence-electron chi connectivity index (χ0n) is 5.27. The van der Waals surface area contributed by atoms with Gasteiger partial charge in [-0.2, -0.15) is 0 Å². The van der Waals surface area contributed by atoms with E-state index in [1.807, 2.05) is 0 Å². The van der Waals surface area contributed by atoms with Crippen LogP contribution in [0.4, 0.5) is 0 Å². The van der Waals surface area contributed by atoms with Gasteiger partial charge in [-0.3, -0.25) is 0 Å². The predicted molar refractivity (Wildman–Crippen MR) is 17.2 cm³/mol. The van der Waals surface area contributed by atoms with Gasteiger partial charge in [0.2, 0.25) is 0 Å². The van der Waals surface area contributed by atoms with Gasteiger partial charge >= 0.3 is 77.9 Å². The topological polar surface area (TPSA) is 17.1 Å². The van der Waals surface area contributed by atoms with Crippen molar-refractivity contribution < 1.29 is 74.5 Å². The van der Waals surface area contributed by atoms with E-state index in [1.54, 1.807) is 0 Å². The Labute approximate surface area is 122 Å². The molecule has 0 amide bonds. The first kappa shape index (κ1) is 32.9. The van der Waals surface area contributed by atoms with E-state index in [-0.39, 0.29) is 97.3 Å². The molecule has 0 N–H and O–H groups in total. The molecule has 0 bridgehead atoms. The molecule has 1 nitrogen and oxygen atoms in total. The molecule has 29 valence electrons. The molecule has 3 radical (unpaired) electrons. The average Bonchev–Trinajstić information content (AvgIpc) is 1.00. The first-order chi connectivity index (χ1) is 1.00. The predicted octanol–water partition coefficient (Wildman–Crippen LogP) is -1.20. The molecule has 0 aromatic carbocycles. The fourth-order valence-electron chi connectivity index (χ4n) is 0. The van der Waals surface area contributed by atoms with E-state index in [1.165, 1.54) is 0 Å². The third-order valence-electron chi connectivity index (χ3n) is 0. The van der Waals surface area contributed by atoms with E-state index in [9.17, 15) is 0 Å². The van der Waals surface area contributed by atoms with Gasteiger partial charge in [-0.25, -0.2) is 0 Å². The second-order valence-corrected chi connectivity index (χ2v) is 0. The second-order valence-electron chi connectivity index (χ2n) is 0. The fourth-order valence-corrected chi connectivity index (χ4v) is 0. The van der Waals surface area contributed by atoms with Crippen LogP contribution in [0.5, 0.6) is 0 Å². The van der Waals surface area contributed by atoms with Crippen LogP contribution in [0.1, 0.15) is 2.85 Å². The van der Waals surface area contributed by atoms with Crippen molar-refractivity contribution >= 4 is 50.4 Å². The van der Waals surface area contributed by atoms with Gasteiger partial charge in [0.1, 0.15) is 0 Å². The molecule has 0 aromatic rings. The molecular weight excluding hydrogens is 480 g/mol. The molecule has 0 aromatic heterocycles. The van der Waals surface area contributed by atoms with Crippen molar-refractivity contribution in [3.05, 3.63) is 0 Å². The molecule has 0 unspecified atom stereocenters. The van der Waals surface area contributed by atoms with E-state index in [0.717, 1.165) is 0 Å². The van der Waals surface area contributed by atoms with Gasteiger partial charge in [0.15, 0.2) is 0 Å². The summed E-state index contributed by atoms with van der Waals surface area (Å²) < 4.78 is 8.34. The zero-order chi connectivity index (χ0) is 2.00. The van der Waals surface area contributed by atoms with Crippen LogP contribution >= 0.6 is 0 Å². The van der Waals surface area contributed by atoms with Crippen molar-refractivity contribution in [1.82, 2.24) is 0 Å². The van der Waals surface area contributed by atoms with Crippen molar-refractivity contribution in [2.75, 3.05) is 0 Å². The van der Waals surface area contributed by atoms with E-state index < -0.39 is 0 Å². The summed E-state index contributed by atoms with van der Waals surface area (Å²) in [7, 11) is 0. The molecule has 0 spiro atoms. The summed E-state index contributed by atoms with van der Waals surface area (Å²) in [5.74, 6) is 0. The first-order valence-electron chi connectivity index (χ1n) is 0.204. The third kappa shape index (κ3) is 24.9. The van der Waals surface area contributed by atoms with Crippen LogP contribution in [0.15, 0.2) is 0 Å². The summed E-state index contributed by atoms with van der Waals surface area (Å²) in [5, 5.41) is 0. The Kier molecular flexibility index (Phi) is 202. The van der Waals surface area contributed by atoms with Gasteiger partial charge < -0.3 is 2.85 Å². The monoisotopic (exact) mass is 483 g/mol. The smallest absolute Gasteiger partial charge is 0 e. The normalized spacial score (nSPS) is 0.500. The quantitative estimate of drug-likeness (QED) is 0.396. The molecule has 0 fully saturated rings. The van der Waals surface area contributed by atoms with Gasteiger partial charge in [0, 0.05) is 44.1 Å². The van der Waals surface area contributed by atoms with Crippen molar-refractivity contribution in [3.8, 4) is 0 Å². The molecule has 0 saturated heterocycles. The van der Waals surface area contributed by atoms with E-state index in [2.05, 4.69) is 0 Å². The Bertz CT molecular complexity index is 22.0. The molecule has 0 heterocycles. The molecule has 0 aliphatic heterocycles. The van der Waals surface area contributed by atoms with E-state index in [0.29, 0.717) is 24.7 Å². The Balaban J connectivity index is -0.000000000333. The summed E-state index contributed by atoms with van der Waals surface area (Å²) in [6.45, 7) is 0. The largest absolute Gasteiger partial charge is 0 e. The van der Waals surface area contributed by atoms with Crippen LogP contribution in [0.3, 0.4) is 0 Å². The van der Waals surface area contributed by atoms with Gasteiger partial charge in [-0.15, -0.1) is 0 Å². The fraction of sp³-hybridized carbons (Fsp3) is 0. The minimum Gasteiger partial charge on any atom is 0 e. The number of rotatable bonds is 0. The Morgan fingerprint density at radius 2 is 1.33 bits per heavy atom. The summed E-state index contributed by atoms with van der Waals surface area (Å²) in [6.07, 6.45) is 0. The summed E-state index contributed by atoms with van der Waals surface area (Å²) >= 11 is 0.300. The standard InChI is InChI=1S/Mg.Nb.O.Pb.Ti.Zr.4H/q+2;;;;;;;;2*-1. The molecule has 6 heteroatoms. The SMILES string of the molecule is [H-].[H-].[Mg+2].[Nb].[O]=[Zr].[PbH2].[Ti]. The van der Waals surface area contributed by atoms with Gasteiger partial charge in [-0.1, -0.05) is 0 Å². The van der Waals surface area contributed by atoms with Crippen LogP contribution in [-0.2, 0) is 71.6 Å². The van der Waals surface area contributed by atoms with Crippen LogP contribution < -0.4 is 0 Å². The average molecular weight is 484 g/mol. The maximum atomic E-state index is 8.34. The molecule has 0 aliphatic rings. The van der Waals surface area contributed by atoms with Crippen LogP contribution in [0.25, 0.3) is 0 Å². The Hall–Kier alpha value is 3.83. The van der Waals surface area contributed by atoms with Gasteiger partial charge in [-0.05, 0) is 0 Å². The Morgan fingerprint density at radius 3 is 1.33 bits per heavy atom. The second kappa shape index (κ2) is 36.9. The van der Waals surface area contributed by atoms with Crippen LogP contribution in [-0.4, -0.2) is 50.4 Å². The first-order valence-corrected chi connectivity index (χ1v) is 1.21. The third-order valence-corrected chi connectivity index (χ3v) is 0. The maximum absolute atomic E-state index is 8.34. The molecule has 0 aliphatic carbocycles. The van der Waals surface area contributed by atoms with E-state index in [4.69, 9.17) is 2.81 Å². The van der Waals surface area contributed by atoms with Gasteiger partial charge in [0.05, 0.1) is 0 Å². The van der Waals surface area contributed by atoms with Gasteiger partial charge in [0.25, 0.3) is 0 Å². The number of hydrogen-bond acceptors (Lipinski definition) is 1. The minimum atomic E-state index is 0. The number of hydrogen-bond donors (Lipinski definition) is 0. The van der Waals surface area contributed by atoms with Crippen molar-refractivity contribution in [3.63, 3.8) is 0 Å². The van der Waals surface area contributed by atoms with Crippen LogP contribution in [0, 0.1) is 0 Å².